The molecule has 2 aromatic rings. The van der Waals surface area contributed by atoms with E-state index in [4.69, 9.17) is 0 Å². The predicted octanol–water partition coefficient (Wildman–Crippen LogP) is 0.670. The van der Waals surface area contributed by atoms with Gasteiger partial charge in [0.1, 0.15) is 12.1 Å². The van der Waals surface area contributed by atoms with Crippen molar-refractivity contribution in [3.8, 4) is 0 Å². The lowest BCUT2D eigenvalue weighted by Gasteiger charge is -2.13. The first-order valence-corrected chi connectivity index (χ1v) is 5.18. The zero-order valence-electron chi connectivity index (χ0n) is 10.0. The van der Waals surface area contributed by atoms with Gasteiger partial charge in [0.25, 0.3) is 0 Å². The van der Waals surface area contributed by atoms with Crippen molar-refractivity contribution < 1.29 is 9.53 Å². The van der Waals surface area contributed by atoms with Gasteiger partial charge in [-0.25, -0.2) is 4.98 Å². The van der Waals surface area contributed by atoms with Crippen LogP contribution in [0.15, 0.2) is 18.5 Å². The molecule has 0 radical (unpaired) electrons. The summed E-state index contributed by atoms with van der Waals surface area (Å²) < 4.78 is 6.49. The van der Waals surface area contributed by atoms with E-state index in [0.29, 0.717) is 5.95 Å². The number of imidazole rings is 1. The van der Waals surface area contributed by atoms with Crippen LogP contribution in [0.25, 0.3) is 11.0 Å². The Morgan fingerprint density at radius 1 is 1.53 bits per heavy atom. The number of fused-ring (bicyclic) bond motifs is 1. The molecule has 0 aliphatic carbocycles. The molecule has 0 N–H and O–H groups in total. The molecule has 0 fully saturated rings. The SMILES string of the molecule is COC(=O)Cn1c(N(C)C)nc2cnccc21. The minimum absolute atomic E-state index is 0.143. The van der Waals surface area contributed by atoms with Crippen molar-refractivity contribution in [2.24, 2.45) is 0 Å². The highest BCUT2D eigenvalue weighted by Gasteiger charge is 2.14. The number of hydrogen-bond acceptors (Lipinski definition) is 5. The van der Waals surface area contributed by atoms with Gasteiger partial charge in [-0.15, -0.1) is 0 Å². The monoisotopic (exact) mass is 234 g/mol. The molecule has 6 nitrogen and oxygen atoms in total. The van der Waals surface area contributed by atoms with Gasteiger partial charge < -0.3 is 9.64 Å². The van der Waals surface area contributed by atoms with E-state index in [1.54, 1.807) is 12.4 Å². The molecule has 2 heterocycles. The smallest absolute Gasteiger partial charge is 0.325 e. The number of hydrogen-bond donors (Lipinski definition) is 0. The molecule has 0 aliphatic heterocycles. The molecule has 17 heavy (non-hydrogen) atoms. The van der Waals surface area contributed by atoms with Gasteiger partial charge in [-0.2, -0.15) is 0 Å². The average molecular weight is 234 g/mol. The third-order valence-electron chi connectivity index (χ3n) is 2.45. The van der Waals surface area contributed by atoms with Crippen LogP contribution < -0.4 is 4.90 Å². The van der Waals surface area contributed by atoms with Crippen molar-refractivity contribution in [3.63, 3.8) is 0 Å². The second-order valence-electron chi connectivity index (χ2n) is 3.83. The van der Waals surface area contributed by atoms with Gasteiger partial charge >= 0.3 is 5.97 Å². The summed E-state index contributed by atoms with van der Waals surface area (Å²) >= 11 is 0. The number of aromatic nitrogens is 3. The van der Waals surface area contributed by atoms with E-state index < -0.39 is 0 Å². The topological polar surface area (TPSA) is 60.2 Å². The number of nitrogens with zero attached hydrogens (tertiary/aromatic N) is 4. The van der Waals surface area contributed by atoms with Gasteiger partial charge in [0.15, 0.2) is 0 Å². The summed E-state index contributed by atoms with van der Waals surface area (Å²) in [4.78, 5) is 21.7. The third-order valence-corrected chi connectivity index (χ3v) is 2.45. The Morgan fingerprint density at radius 3 is 2.94 bits per heavy atom. The number of carbonyl (C=O) groups is 1. The van der Waals surface area contributed by atoms with E-state index in [1.165, 1.54) is 7.11 Å². The van der Waals surface area contributed by atoms with Gasteiger partial charge in [0, 0.05) is 20.3 Å². The van der Waals surface area contributed by atoms with E-state index in [-0.39, 0.29) is 12.5 Å². The molecule has 0 spiro atoms. The Hall–Kier alpha value is -2.11. The minimum atomic E-state index is -0.302. The largest absolute Gasteiger partial charge is 0.468 e. The molecule has 0 aromatic carbocycles. The summed E-state index contributed by atoms with van der Waals surface area (Å²) in [6.07, 6.45) is 3.35. The fraction of sp³-hybridized carbons (Fsp3) is 0.364. The molecule has 0 atom stereocenters. The highest BCUT2D eigenvalue weighted by Crippen LogP contribution is 2.20. The molecule has 90 valence electrons. The van der Waals surface area contributed by atoms with Crippen LogP contribution in [0.4, 0.5) is 5.95 Å². The maximum atomic E-state index is 11.4. The second kappa shape index (κ2) is 4.40. The lowest BCUT2D eigenvalue weighted by Crippen LogP contribution is -2.19. The molecule has 2 rings (SSSR count). The Morgan fingerprint density at radius 2 is 2.29 bits per heavy atom. The van der Waals surface area contributed by atoms with Gasteiger partial charge in [-0.05, 0) is 6.07 Å². The lowest BCUT2D eigenvalue weighted by atomic mass is 10.4. The zero-order chi connectivity index (χ0) is 12.4. The zero-order valence-corrected chi connectivity index (χ0v) is 10.0. The number of anilines is 1. The van der Waals surface area contributed by atoms with E-state index in [9.17, 15) is 4.79 Å². The van der Waals surface area contributed by atoms with Crippen molar-refractivity contribution in [1.82, 2.24) is 14.5 Å². The van der Waals surface area contributed by atoms with Crippen molar-refractivity contribution >= 4 is 23.0 Å². The average Bonchev–Trinajstić information content (AvgIpc) is 2.68. The number of ether oxygens (including phenoxy) is 1. The summed E-state index contributed by atoms with van der Waals surface area (Å²) in [7, 11) is 5.13. The summed E-state index contributed by atoms with van der Waals surface area (Å²) in [5.41, 5.74) is 1.63. The second-order valence-corrected chi connectivity index (χ2v) is 3.83. The number of carbonyl (C=O) groups excluding carboxylic acids is 1. The molecule has 0 saturated carbocycles. The Labute approximate surface area is 98.8 Å². The fourth-order valence-electron chi connectivity index (χ4n) is 1.66. The Kier molecular flexibility index (Phi) is 2.95. The molecule has 6 heteroatoms. The summed E-state index contributed by atoms with van der Waals surface area (Å²) in [5.74, 6) is 0.405. The van der Waals surface area contributed by atoms with Crippen molar-refractivity contribution in [1.29, 1.82) is 0 Å². The Balaban J connectivity index is 2.55. The third kappa shape index (κ3) is 2.06. The maximum absolute atomic E-state index is 11.4. The van der Waals surface area contributed by atoms with E-state index in [0.717, 1.165) is 11.0 Å². The number of esters is 1. The van der Waals surface area contributed by atoms with E-state index in [1.807, 2.05) is 29.6 Å². The molecule has 0 unspecified atom stereocenters. The first-order chi connectivity index (χ1) is 8.13. The van der Waals surface area contributed by atoms with Gasteiger partial charge in [-0.1, -0.05) is 0 Å². The molecule has 0 amide bonds. The van der Waals surface area contributed by atoms with Crippen LogP contribution in [0.3, 0.4) is 0 Å². The van der Waals surface area contributed by atoms with Crippen molar-refractivity contribution in [2.45, 2.75) is 6.54 Å². The van der Waals surface area contributed by atoms with Crippen LogP contribution in [0.1, 0.15) is 0 Å². The van der Waals surface area contributed by atoms with Crippen LogP contribution in [0.5, 0.6) is 0 Å². The molecular formula is C11H14N4O2. The maximum Gasteiger partial charge on any atom is 0.325 e. The molecule has 0 aliphatic rings. The van der Waals surface area contributed by atoms with Gasteiger partial charge in [0.2, 0.25) is 5.95 Å². The summed E-state index contributed by atoms with van der Waals surface area (Å²) in [6, 6.07) is 1.83. The number of pyridine rings is 1. The summed E-state index contributed by atoms with van der Waals surface area (Å²) in [6.45, 7) is 0.143. The van der Waals surface area contributed by atoms with Crippen molar-refractivity contribution in [3.05, 3.63) is 18.5 Å². The highest BCUT2D eigenvalue weighted by molar-refractivity contribution is 5.80. The lowest BCUT2D eigenvalue weighted by molar-refractivity contribution is -0.141. The number of methoxy groups -OCH3 is 1. The summed E-state index contributed by atoms with van der Waals surface area (Å²) in [5, 5.41) is 0. The molecule has 0 bridgehead atoms. The minimum Gasteiger partial charge on any atom is -0.468 e. The fourth-order valence-corrected chi connectivity index (χ4v) is 1.66. The first kappa shape index (κ1) is 11.4. The molecular weight excluding hydrogens is 220 g/mol. The molecule has 2 aromatic heterocycles. The van der Waals surface area contributed by atoms with Gasteiger partial charge in [-0.3, -0.25) is 14.3 Å². The quantitative estimate of drug-likeness (QED) is 0.730. The normalized spacial score (nSPS) is 10.5. The number of rotatable bonds is 3. The van der Waals surface area contributed by atoms with E-state index >= 15 is 0 Å². The Bertz CT molecular complexity index is 547. The van der Waals surface area contributed by atoms with Crippen molar-refractivity contribution in [2.75, 3.05) is 26.1 Å². The van der Waals surface area contributed by atoms with Crippen LogP contribution in [-0.4, -0.2) is 41.7 Å². The van der Waals surface area contributed by atoms with Crippen LogP contribution >= 0.6 is 0 Å². The van der Waals surface area contributed by atoms with E-state index in [2.05, 4.69) is 14.7 Å². The molecule has 0 saturated heterocycles. The van der Waals surface area contributed by atoms with Crippen LogP contribution in [0.2, 0.25) is 0 Å². The van der Waals surface area contributed by atoms with Crippen LogP contribution in [-0.2, 0) is 16.1 Å². The predicted molar refractivity (Wildman–Crippen MR) is 63.9 cm³/mol. The standard InChI is InChI=1S/C11H14N4O2/c1-14(2)11-13-8-6-12-5-4-9(8)15(11)7-10(16)17-3/h4-6H,7H2,1-3H3. The van der Waals surface area contributed by atoms with Crippen LogP contribution in [0, 0.1) is 0 Å². The van der Waals surface area contributed by atoms with Gasteiger partial charge in [0.05, 0.1) is 18.8 Å². The first-order valence-electron chi connectivity index (χ1n) is 5.18. The highest BCUT2D eigenvalue weighted by atomic mass is 16.5.